The summed E-state index contributed by atoms with van der Waals surface area (Å²) >= 11 is 0. The second kappa shape index (κ2) is 6.89. The number of unbranched alkanes of at least 4 members (excludes halogenated alkanes) is 2. The van der Waals surface area contributed by atoms with Gasteiger partial charge in [-0.2, -0.15) is 0 Å². The maximum Gasteiger partial charge on any atom is 0.227 e. The van der Waals surface area contributed by atoms with Crippen LogP contribution in [0.25, 0.3) is 0 Å². The van der Waals surface area contributed by atoms with Crippen molar-refractivity contribution in [3.63, 3.8) is 0 Å². The lowest BCUT2D eigenvalue weighted by atomic mass is 9.81. The molecule has 0 aromatic carbocycles. The van der Waals surface area contributed by atoms with Crippen LogP contribution in [0.15, 0.2) is 0 Å². The fourth-order valence-electron chi connectivity index (χ4n) is 2.51. The third-order valence-electron chi connectivity index (χ3n) is 3.52. The first kappa shape index (κ1) is 13.5. The molecule has 0 aliphatic carbocycles. The van der Waals surface area contributed by atoms with Crippen LogP contribution in [-0.4, -0.2) is 25.5 Å². The lowest BCUT2D eigenvalue weighted by molar-refractivity contribution is -0.130. The van der Waals surface area contributed by atoms with Crippen LogP contribution in [0, 0.1) is 5.41 Å². The van der Waals surface area contributed by atoms with Gasteiger partial charge in [-0.15, -0.1) is 0 Å². The molecule has 0 spiro atoms. The monoisotopic (exact) mass is 226 g/mol. The predicted octanol–water partition coefficient (Wildman–Crippen LogP) is 2.07. The summed E-state index contributed by atoms with van der Waals surface area (Å²) in [7, 11) is 0. The van der Waals surface area contributed by atoms with Gasteiger partial charge in [-0.25, -0.2) is 0 Å². The van der Waals surface area contributed by atoms with Crippen LogP contribution in [0.4, 0.5) is 0 Å². The van der Waals surface area contributed by atoms with Crippen LogP contribution >= 0.6 is 0 Å². The van der Waals surface area contributed by atoms with Crippen LogP contribution in [0.2, 0.25) is 0 Å². The van der Waals surface area contributed by atoms with Crippen molar-refractivity contribution in [3.8, 4) is 0 Å². The number of carbonyl (C=O) groups is 1. The molecule has 2 N–H and O–H groups in total. The van der Waals surface area contributed by atoms with Gasteiger partial charge in [0.25, 0.3) is 0 Å². The highest BCUT2D eigenvalue weighted by molar-refractivity contribution is 5.83. The first-order valence-corrected chi connectivity index (χ1v) is 6.74. The van der Waals surface area contributed by atoms with E-state index in [1.54, 1.807) is 0 Å². The van der Waals surface area contributed by atoms with Gasteiger partial charge in [0.2, 0.25) is 5.91 Å². The minimum atomic E-state index is -0.110. The average molecular weight is 226 g/mol. The number of nitrogens with one attached hydrogen (secondary N) is 2. The van der Waals surface area contributed by atoms with Gasteiger partial charge in [0.05, 0.1) is 5.41 Å². The van der Waals surface area contributed by atoms with E-state index < -0.39 is 0 Å². The number of amides is 1. The van der Waals surface area contributed by atoms with Crippen molar-refractivity contribution >= 4 is 5.91 Å². The minimum absolute atomic E-state index is 0.110. The second-order valence-electron chi connectivity index (χ2n) is 4.92. The Morgan fingerprint density at radius 3 is 2.69 bits per heavy atom. The van der Waals surface area contributed by atoms with Crippen LogP contribution in [0.3, 0.4) is 0 Å². The van der Waals surface area contributed by atoms with E-state index in [9.17, 15) is 4.79 Å². The fraction of sp³-hybridized carbons (Fsp3) is 0.923. The van der Waals surface area contributed by atoms with Gasteiger partial charge in [0, 0.05) is 13.1 Å². The third-order valence-corrected chi connectivity index (χ3v) is 3.52. The van der Waals surface area contributed by atoms with Crippen molar-refractivity contribution in [1.29, 1.82) is 0 Å². The average Bonchev–Trinajstić information content (AvgIpc) is 2.74. The minimum Gasteiger partial charge on any atom is -0.356 e. The molecule has 94 valence electrons. The number of hydrogen-bond donors (Lipinski definition) is 2. The fourth-order valence-corrected chi connectivity index (χ4v) is 2.51. The molecule has 1 aliphatic heterocycles. The molecule has 1 fully saturated rings. The SMILES string of the molecule is CCCCCNC(=O)C1(CCC)CCNC1. The van der Waals surface area contributed by atoms with Crippen molar-refractivity contribution in [2.45, 2.75) is 52.4 Å². The lowest BCUT2D eigenvalue weighted by Gasteiger charge is -2.26. The molecular weight excluding hydrogens is 200 g/mol. The van der Waals surface area contributed by atoms with Crippen molar-refractivity contribution in [2.24, 2.45) is 5.41 Å². The van der Waals surface area contributed by atoms with E-state index in [2.05, 4.69) is 24.5 Å². The predicted molar refractivity (Wildman–Crippen MR) is 67.4 cm³/mol. The normalized spacial score (nSPS) is 24.6. The van der Waals surface area contributed by atoms with Gasteiger partial charge in [0.15, 0.2) is 0 Å². The zero-order valence-electron chi connectivity index (χ0n) is 10.8. The van der Waals surface area contributed by atoms with E-state index in [1.165, 1.54) is 12.8 Å². The Morgan fingerprint density at radius 1 is 1.31 bits per heavy atom. The highest BCUT2D eigenvalue weighted by atomic mass is 16.2. The molecule has 1 aliphatic rings. The molecule has 1 rings (SSSR count). The summed E-state index contributed by atoms with van der Waals surface area (Å²) in [4.78, 5) is 12.2. The van der Waals surface area contributed by atoms with E-state index in [4.69, 9.17) is 0 Å². The molecule has 3 nitrogen and oxygen atoms in total. The second-order valence-corrected chi connectivity index (χ2v) is 4.92. The number of rotatable bonds is 7. The summed E-state index contributed by atoms with van der Waals surface area (Å²) in [5.41, 5.74) is -0.110. The largest absolute Gasteiger partial charge is 0.356 e. The van der Waals surface area contributed by atoms with Gasteiger partial charge < -0.3 is 10.6 Å². The van der Waals surface area contributed by atoms with Gasteiger partial charge in [0.1, 0.15) is 0 Å². The quantitative estimate of drug-likeness (QED) is 0.653. The van der Waals surface area contributed by atoms with Crippen molar-refractivity contribution in [2.75, 3.05) is 19.6 Å². The molecule has 1 atom stereocenters. The third kappa shape index (κ3) is 3.48. The summed E-state index contributed by atoms with van der Waals surface area (Å²) in [5, 5.41) is 6.43. The molecule has 1 saturated heterocycles. The Balaban J connectivity index is 2.36. The highest BCUT2D eigenvalue weighted by Gasteiger charge is 2.39. The van der Waals surface area contributed by atoms with E-state index in [-0.39, 0.29) is 11.3 Å². The molecular formula is C13H26N2O. The summed E-state index contributed by atoms with van der Waals surface area (Å²) < 4.78 is 0. The Labute approximate surface area is 99.4 Å². The smallest absolute Gasteiger partial charge is 0.227 e. The Bertz CT molecular complexity index is 210. The lowest BCUT2D eigenvalue weighted by Crippen LogP contribution is -2.42. The van der Waals surface area contributed by atoms with Gasteiger partial charge in [-0.05, 0) is 25.8 Å². The summed E-state index contributed by atoms with van der Waals surface area (Å²) in [6, 6.07) is 0. The topological polar surface area (TPSA) is 41.1 Å². The van der Waals surface area contributed by atoms with Crippen molar-refractivity contribution in [1.82, 2.24) is 10.6 Å². The Hall–Kier alpha value is -0.570. The van der Waals surface area contributed by atoms with E-state index in [1.807, 2.05) is 0 Å². The Morgan fingerprint density at radius 2 is 2.12 bits per heavy atom. The van der Waals surface area contributed by atoms with Gasteiger partial charge in [-0.3, -0.25) is 4.79 Å². The van der Waals surface area contributed by atoms with E-state index >= 15 is 0 Å². The van der Waals surface area contributed by atoms with Gasteiger partial charge >= 0.3 is 0 Å². The van der Waals surface area contributed by atoms with E-state index in [0.29, 0.717) is 0 Å². The van der Waals surface area contributed by atoms with Crippen molar-refractivity contribution < 1.29 is 4.79 Å². The van der Waals surface area contributed by atoms with Crippen LogP contribution in [0.5, 0.6) is 0 Å². The molecule has 16 heavy (non-hydrogen) atoms. The first-order valence-electron chi connectivity index (χ1n) is 6.74. The molecule has 0 aromatic heterocycles. The van der Waals surface area contributed by atoms with Crippen LogP contribution in [-0.2, 0) is 4.79 Å². The molecule has 1 heterocycles. The maximum atomic E-state index is 12.2. The summed E-state index contributed by atoms with van der Waals surface area (Å²) in [6.45, 7) is 7.03. The van der Waals surface area contributed by atoms with E-state index in [0.717, 1.165) is 45.3 Å². The molecule has 0 aromatic rings. The molecule has 0 saturated carbocycles. The highest BCUT2D eigenvalue weighted by Crippen LogP contribution is 2.31. The number of carbonyl (C=O) groups excluding carboxylic acids is 1. The number of hydrogen-bond acceptors (Lipinski definition) is 2. The summed E-state index contributed by atoms with van der Waals surface area (Å²) in [6.07, 6.45) is 6.62. The molecule has 0 radical (unpaired) electrons. The van der Waals surface area contributed by atoms with Gasteiger partial charge in [-0.1, -0.05) is 33.1 Å². The summed E-state index contributed by atoms with van der Waals surface area (Å²) in [5.74, 6) is 0.274. The standard InChI is InChI=1S/C13H26N2O/c1-3-5-6-9-15-12(16)13(7-4-2)8-10-14-11-13/h14H,3-11H2,1-2H3,(H,15,16). The Kier molecular flexibility index (Phi) is 5.81. The molecule has 1 unspecified atom stereocenters. The molecule has 0 bridgehead atoms. The van der Waals surface area contributed by atoms with Crippen LogP contribution in [0.1, 0.15) is 52.4 Å². The van der Waals surface area contributed by atoms with Crippen LogP contribution < -0.4 is 10.6 Å². The zero-order chi connectivity index (χ0) is 11.9. The zero-order valence-corrected chi connectivity index (χ0v) is 10.8. The molecule has 3 heteroatoms. The maximum absolute atomic E-state index is 12.2. The van der Waals surface area contributed by atoms with Crippen molar-refractivity contribution in [3.05, 3.63) is 0 Å². The first-order chi connectivity index (χ1) is 7.75. The molecule has 1 amide bonds.